The Morgan fingerprint density at radius 2 is 2.05 bits per heavy atom. The van der Waals surface area contributed by atoms with Gasteiger partial charge in [0.25, 0.3) is 5.91 Å². The number of rotatable bonds is 2. The van der Waals surface area contributed by atoms with Crippen LogP contribution in [0.4, 0.5) is 0 Å². The molecule has 1 aromatic carbocycles. The van der Waals surface area contributed by atoms with E-state index in [1.165, 1.54) is 5.56 Å². The fraction of sp³-hybridized carbons (Fsp3) is 0.188. The largest absolute Gasteiger partial charge is 0.271 e. The molecule has 1 heterocycles. The van der Waals surface area contributed by atoms with Crippen molar-refractivity contribution in [3.05, 3.63) is 65.0 Å². The van der Waals surface area contributed by atoms with E-state index < -0.39 is 0 Å². The highest BCUT2D eigenvalue weighted by Gasteiger charge is 2.19. The third-order valence-corrected chi connectivity index (χ3v) is 3.48. The molecule has 2 aromatic rings. The second-order valence-electron chi connectivity index (χ2n) is 4.83. The van der Waals surface area contributed by atoms with Crippen LogP contribution in [0.3, 0.4) is 0 Å². The fourth-order valence-corrected chi connectivity index (χ4v) is 2.39. The maximum atomic E-state index is 12.1. The first-order valence-electron chi connectivity index (χ1n) is 6.62. The molecule has 3 rings (SSSR count). The Balaban J connectivity index is 1.79. The van der Waals surface area contributed by atoms with Gasteiger partial charge >= 0.3 is 0 Å². The predicted molar refractivity (Wildman–Crippen MR) is 77.7 cm³/mol. The van der Waals surface area contributed by atoms with Crippen LogP contribution in [0.5, 0.6) is 0 Å². The first kappa shape index (κ1) is 12.5. The molecule has 0 saturated carbocycles. The summed E-state index contributed by atoms with van der Waals surface area (Å²) in [5.41, 5.74) is 7.16. The summed E-state index contributed by atoms with van der Waals surface area (Å²) < 4.78 is 0. The molecule has 100 valence electrons. The van der Waals surface area contributed by atoms with Crippen molar-refractivity contribution in [2.75, 3.05) is 0 Å². The van der Waals surface area contributed by atoms with E-state index in [2.05, 4.69) is 15.5 Å². The van der Waals surface area contributed by atoms with Gasteiger partial charge in [0.2, 0.25) is 0 Å². The monoisotopic (exact) mass is 265 g/mol. The van der Waals surface area contributed by atoms with Crippen LogP contribution in [0, 0.1) is 6.92 Å². The number of pyridine rings is 1. The summed E-state index contributed by atoms with van der Waals surface area (Å²) in [5, 5.41) is 4.24. The molecule has 4 nitrogen and oxygen atoms in total. The van der Waals surface area contributed by atoms with Crippen molar-refractivity contribution in [1.82, 2.24) is 10.4 Å². The minimum Gasteiger partial charge on any atom is -0.267 e. The van der Waals surface area contributed by atoms with Crippen LogP contribution in [0.1, 0.15) is 33.6 Å². The second kappa shape index (κ2) is 5.25. The predicted octanol–water partition coefficient (Wildman–Crippen LogP) is 2.47. The second-order valence-corrected chi connectivity index (χ2v) is 4.83. The van der Waals surface area contributed by atoms with Crippen molar-refractivity contribution in [2.45, 2.75) is 19.8 Å². The summed E-state index contributed by atoms with van der Waals surface area (Å²) in [6.07, 6.45) is 3.51. The van der Waals surface area contributed by atoms with Crippen molar-refractivity contribution >= 4 is 11.6 Å². The summed E-state index contributed by atoms with van der Waals surface area (Å²) in [7, 11) is 0. The van der Waals surface area contributed by atoms with Crippen LogP contribution >= 0.6 is 0 Å². The summed E-state index contributed by atoms with van der Waals surface area (Å²) in [6, 6.07) is 11.4. The molecule has 1 aliphatic carbocycles. The van der Waals surface area contributed by atoms with Crippen LogP contribution in [0.25, 0.3) is 0 Å². The van der Waals surface area contributed by atoms with E-state index in [-0.39, 0.29) is 5.91 Å². The van der Waals surface area contributed by atoms with Gasteiger partial charge in [-0.3, -0.25) is 9.78 Å². The topological polar surface area (TPSA) is 54.4 Å². The Morgan fingerprint density at radius 1 is 1.20 bits per heavy atom. The van der Waals surface area contributed by atoms with E-state index >= 15 is 0 Å². The number of benzene rings is 1. The number of hydrogen-bond donors (Lipinski definition) is 1. The number of aryl methyl sites for hydroxylation is 2. The lowest BCUT2D eigenvalue weighted by molar-refractivity contribution is 0.0954. The van der Waals surface area contributed by atoms with Crippen LogP contribution in [-0.2, 0) is 6.42 Å². The molecule has 0 saturated heterocycles. The number of fused-ring (bicyclic) bond motifs is 1. The molecule has 20 heavy (non-hydrogen) atoms. The number of nitrogens with one attached hydrogen (secondary N) is 1. The van der Waals surface area contributed by atoms with E-state index in [1.807, 2.05) is 37.3 Å². The maximum Gasteiger partial charge on any atom is 0.271 e. The lowest BCUT2D eigenvalue weighted by Crippen LogP contribution is -2.20. The molecular weight excluding hydrogens is 250 g/mol. The van der Waals surface area contributed by atoms with Crippen molar-refractivity contribution in [2.24, 2.45) is 5.10 Å². The standard InChI is InChI=1S/C16H15N3O/c1-11-5-2-3-7-13(11)16(20)19-18-14-9-8-12-6-4-10-17-15(12)14/h2-7,10H,8-9H2,1H3,(H,19,20)/b18-14+. The number of carbonyl (C=O) groups excluding carboxylic acids is 1. The van der Waals surface area contributed by atoms with Gasteiger partial charge in [0.1, 0.15) is 0 Å². The lowest BCUT2D eigenvalue weighted by Gasteiger charge is -2.04. The third kappa shape index (κ3) is 2.32. The van der Waals surface area contributed by atoms with Crippen LogP contribution < -0.4 is 5.43 Å². The van der Waals surface area contributed by atoms with E-state index in [0.717, 1.165) is 29.8 Å². The molecule has 0 aliphatic heterocycles. The van der Waals surface area contributed by atoms with E-state index in [0.29, 0.717) is 5.56 Å². The number of aromatic nitrogens is 1. The van der Waals surface area contributed by atoms with Crippen molar-refractivity contribution < 1.29 is 4.79 Å². The highest BCUT2D eigenvalue weighted by atomic mass is 16.2. The Hall–Kier alpha value is -2.49. The molecule has 0 fully saturated rings. The average molecular weight is 265 g/mol. The first-order chi connectivity index (χ1) is 9.75. The third-order valence-electron chi connectivity index (χ3n) is 3.48. The van der Waals surface area contributed by atoms with Crippen molar-refractivity contribution in [3.63, 3.8) is 0 Å². The Morgan fingerprint density at radius 3 is 2.90 bits per heavy atom. The quantitative estimate of drug-likeness (QED) is 0.848. The Labute approximate surface area is 117 Å². The summed E-state index contributed by atoms with van der Waals surface area (Å²) in [4.78, 5) is 16.4. The number of nitrogens with zero attached hydrogens (tertiary/aromatic N) is 2. The highest BCUT2D eigenvalue weighted by Crippen LogP contribution is 2.19. The molecule has 0 spiro atoms. The summed E-state index contributed by atoms with van der Waals surface area (Å²) >= 11 is 0. The summed E-state index contributed by atoms with van der Waals surface area (Å²) in [6.45, 7) is 1.91. The first-order valence-corrected chi connectivity index (χ1v) is 6.62. The van der Waals surface area contributed by atoms with Gasteiger partial charge in [-0.05, 0) is 43.0 Å². The number of carbonyl (C=O) groups is 1. The molecule has 0 unspecified atom stereocenters. The van der Waals surface area contributed by atoms with Gasteiger partial charge in [-0.25, -0.2) is 5.43 Å². The minimum absolute atomic E-state index is 0.181. The number of amides is 1. The van der Waals surface area contributed by atoms with Crippen LogP contribution in [-0.4, -0.2) is 16.6 Å². The van der Waals surface area contributed by atoms with Gasteiger partial charge < -0.3 is 0 Å². The molecule has 0 atom stereocenters. The summed E-state index contributed by atoms with van der Waals surface area (Å²) in [5.74, 6) is -0.181. The molecule has 0 bridgehead atoms. The molecule has 4 heteroatoms. The minimum atomic E-state index is -0.181. The molecule has 1 aliphatic rings. The zero-order chi connectivity index (χ0) is 13.9. The van der Waals surface area contributed by atoms with Gasteiger partial charge in [0.05, 0.1) is 11.4 Å². The van der Waals surface area contributed by atoms with E-state index in [1.54, 1.807) is 12.3 Å². The van der Waals surface area contributed by atoms with Crippen molar-refractivity contribution in [3.8, 4) is 0 Å². The maximum absolute atomic E-state index is 12.1. The van der Waals surface area contributed by atoms with E-state index in [9.17, 15) is 4.79 Å². The average Bonchev–Trinajstić information content (AvgIpc) is 2.88. The van der Waals surface area contributed by atoms with Crippen LogP contribution in [0.2, 0.25) is 0 Å². The molecule has 1 amide bonds. The van der Waals surface area contributed by atoms with Gasteiger partial charge in [0.15, 0.2) is 0 Å². The molecule has 1 N–H and O–H groups in total. The normalized spacial score (nSPS) is 15.2. The van der Waals surface area contributed by atoms with Gasteiger partial charge in [-0.15, -0.1) is 0 Å². The zero-order valence-corrected chi connectivity index (χ0v) is 11.3. The lowest BCUT2D eigenvalue weighted by atomic mass is 10.1. The number of hydrazone groups is 1. The van der Waals surface area contributed by atoms with Gasteiger partial charge in [-0.1, -0.05) is 24.3 Å². The molecular formula is C16H15N3O. The molecule has 1 aromatic heterocycles. The Kier molecular flexibility index (Phi) is 3.29. The Bertz CT molecular complexity index is 692. The van der Waals surface area contributed by atoms with E-state index in [4.69, 9.17) is 0 Å². The zero-order valence-electron chi connectivity index (χ0n) is 11.3. The van der Waals surface area contributed by atoms with Crippen LogP contribution in [0.15, 0.2) is 47.7 Å². The molecule has 0 radical (unpaired) electrons. The fourth-order valence-electron chi connectivity index (χ4n) is 2.39. The van der Waals surface area contributed by atoms with Gasteiger partial charge in [-0.2, -0.15) is 5.10 Å². The SMILES string of the molecule is Cc1ccccc1C(=O)N/N=C1\CCc2cccnc21. The number of hydrogen-bond acceptors (Lipinski definition) is 3. The van der Waals surface area contributed by atoms with Crippen molar-refractivity contribution in [1.29, 1.82) is 0 Å². The smallest absolute Gasteiger partial charge is 0.267 e. The van der Waals surface area contributed by atoms with Gasteiger partial charge in [0, 0.05) is 11.8 Å². The highest BCUT2D eigenvalue weighted by molar-refractivity contribution is 6.04.